The van der Waals surface area contributed by atoms with E-state index in [2.05, 4.69) is 27.6 Å². The Balaban J connectivity index is 1.90. The molecule has 2 aromatic carbocycles. The Morgan fingerprint density at radius 2 is 2.06 bits per heavy atom. The van der Waals surface area contributed by atoms with E-state index in [9.17, 15) is 9.18 Å². The number of nitrogens with zero attached hydrogens (tertiary/aromatic N) is 3. The van der Waals surface area contributed by atoms with E-state index in [1.165, 1.54) is 25.3 Å². The third-order valence-corrected chi connectivity index (χ3v) is 4.91. The molecule has 0 spiro atoms. The topological polar surface area (TPSA) is 80.5 Å². The van der Waals surface area contributed by atoms with Gasteiger partial charge in [-0.3, -0.25) is 14.8 Å². The quantitative estimate of drug-likeness (QED) is 0.394. The minimum absolute atomic E-state index is 0.0907. The van der Waals surface area contributed by atoms with Crippen LogP contribution in [0.25, 0.3) is 0 Å². The second kappa shape index (κ2) is 10.8. The molecule has 1 amide bonds. The lowest BCUT2D eigenvalue weighted by Gasteiger charge is -2.15. The van der Waals surface area contributed by atoms with E-state index in [0.717, 1.165) is 24.2 Å². The van der Waals surface area contributed by atoms with Crippen LogP contribution < -0.4 is 15.4 Å². The van der Waals surface area contributed by atoms with Crippen LogP contribution in [-0.4, -0.2) is 28.8 Å². The van der Waals surface area contributed by atoms with Crippen LogP contribution in [0.5, 0.6) is 5.75 Å². The van der Waals surface area contributed by atoms with Crippen LogP contribution in [-0.2, 0) is 13.1 Å². The van der Waals surface area contributed by atoms with Crippen LogP contribution in [0.15, 0.2) is 53.7 Å². The van der Waals surface area contributed by atoms with Crippen molar-refractivity contribution in [2.75, 3.05) is 12.4 Å². The standard InChI is InChI=1S/C23H25ClFN5O2/c1-4-11-30-14-16(15(2)29-30)13-26-23(27-20-12-17(24)9-10-21(20)32-3)28-22(31)18-7-5-6-8-19(18)25/h5-10,12,14H,4,11,13H2,1-3H3,(H2,26,27,28,31). The average Bonchev–Trinajstić information content (AvgIpc) is 3.11. The number of anilines is 1. The highest BCUT2D eigenvalue weighted by Crippen LogP contribution is 2.27. The molecule has 0 saturated heterocycles. The lowest BCUT2D eigenvalue weighted by atomic mass is 10.2. The number of halogens is 2. The van der Waals surface area contributed by atoms with Crippen molar-refractivity contribution in [3.05, 3.63) is 76.3 Å². The number of nitrogens with one attached hydrogen (secondary N) is 2. The first kappa shape index (κ1) is 23.3. The summed E-state index contributed by atoms with van der Waals surface area (Å²) in [5, 5.41) is 10.6. The Morgan fingerprint density at radius 3 is 2.78 bits per heavy atom. The summed E-state index contributed by atoms with van der Waals surface area (Å²) >= 11 is 6.12. The summed E-state index contributed by atoms with van der Waals surface area (Å²) in [6.45, 7) is 5.05. The number of carbonyl (C=O) groups is 1. The van der Waals surface area contributed by atoms with Crippen LogP contribution in [0.2, 0.25) is 5.02 Å². The minimum Gasteiger partial charge on any atom is -0.495 e. The van der Waals surface area contributed by atoms with E-state index >= 15 is 0 Å². The van der Waals surface area contributed by atoms with E-state index in [0.29, 0.717) is 16.5 Å². The minimum atomic E-state index is -0.631. The van der Waals surface area contributed by atoms with Gasteiger partial charge in [-0.05, 0) is 43.7 Å². The summed E-state index contributed by atoms with van der Waals surface area (Å²) in [6.07, 6.45) is 2.89. The van der Waals surface area contributed by atoms with Crippen LogP contribution >= 0.6 is 11.6 Å². The number of aliphatic imine (C=N–C) groups is 1. The van der Waals surface area contributed by atoms with Gasteiger partial charge in [0.2, 0.25) is 5.96 Å². The van der Waals surface area contributed by atoms with Crippen LogP contribution in [0, 0.1) is 12.7 Å². The van der Waals surface area contributed by atoms with Crippen molar-refractivity contribution in [2.45, 2.75) is 33.4 Å². The fraction of sp³-hybridized carbons (Fsp3) is 0.261. The molecule has 0 bridgehead atoms. The number of methoxy groups -OCH3 is 1. The second-order valence-electron chi connectivity index (χ2n) is 7.07. The van der Waals surface area contributed by atoms with Crippen LogP contribution in [0.3, 0.4) is 0 Å². The number of guanidine groups is 1. The molecule has 1 heterocycles. The first-order chi connectivity index (χ1) is 15.4. The van der Waals surface area contributed by atoms with Gasteiger partial charge >= 0.3 is 0 Å². The number of hydrogen-bond donors (Lipinski definition) is 2. The molecule has 0 atom stereocenters. The molecule has 0 fully saturated rings. The number of benzene rings is 2. The number of aromatic nitrogens is 2. The lowest BCUT2D eigenvalue weighted by molar-refractivity contribution is 0.0973. The summed E-state index contributed by atoms with van der Waals surface area (Å²) in [5.74, 6) is -0.620. The first-order valence-electron chi connectivity index (χ1n) is 10.1. The van der Waals surface area contributed by atoms with E-state index in [-0.39, 0.29) is 18.1 Å². The first-order valence-corrected chi connectivity index (χ1v) is 10.5. The van der Waals surface area contributed by atoms with Gasteiger partial charge in [-0.25, -0.2) is 9.38 Å². The maximum absolute atomic E-state index is 14.1. The Labute approximate surface area is 191 Å². The maximum atomic E-state index is 14.1. The third kappa shape index (κ3) is 5.85. The molecule has 32 heavy (non-hydrogen) atoms. The van der Waals surface area contributed by atoms with E-state index < -0.39 is 11.7 Å². The third-order valence-electron chi connectivity index (χ3n) is 4.67. The molecular formula is C23H25ClFN5O2. The fourth-order valence-corrected chi connectivity index (χ4v) is 3.23. The maximum Gasteiger partial charge on any atom is 0.260 e. The van der Waals surface area contributed by atoms with E-state index in [4.69, 9.17) is 16.3 Å². The molecule has 0 aliphatic rings. The number of carbonyl (C=O) groups excluding carboxylic acids is 1. The Morgan fingerprint density at radius 1 is 1.28 bits per heavy atom. The molecule has 0 aliphatic carbocycles. The van der Waals surface area contributed by atoms with Crippen LogP contribution in [0.1, 0.15) is 35.0 Å². The predicted octanol–water partition coefficient (Wildman–Crippen LogP) is 4.80. The highest BCUT2D eigenvalue weighted by molar-refractivity contribution is 6.31. The van der Waals surface area contributed by atoms with Crippen LogP contribution in [0.4, 0.5) is 10.1 Å². The average molecular weight is 458 g/mol. The summed E-state index contributed by atoms with van der Waals surface area (Å²) in [7, 11) is 1.52. The molecule has 2 N–H and O–H groups in total. The van der Waals surface area contributed by atoms with Gasteiger partial charge in [0.15, 0.2) is 0 Å². The smallest absolute Gasteiger partial charge is 0.260 e. The number of amides is 1. The molecule has 3 rings (SSSR count). The molecule has 7 nitrogen and oxygen atoms in total. The van der Waals surface area contributed by atoms with Gasteiger partial charge in [0, 0.05) is 23.3 Å². The van der Waals surface area contributed by atoms with Gasteiger partial charge < -0.3 is 10.1 Å². The van der Waals surface area contributed by atoms with Crippen molar-refractivity contribution < 1.29 is 13.9 Å². The zero-order valence-electron chi connectivity index (χ0n) is 18.2. The molecule has 0 radical (unpaired) electrons. The van der Waals surface area contributed by atoms with Gasteiger partial charge in [0.1, 0.15) is 11.6 Å². The molecule has 0 unspecified atom stereocenters. The number of aryl methyl sites for hydroxylation is 2. The van der Waals surface area contributed by atoms with Crippen molar-refractivity contribution in [3.8, 4) is 5.75 Å². The van der Waals surface area contributed by atoms with Crippen molar-refractivity contribution in [2.24, 2.45) is 4.99 Å². The normalized spacial score (nSPS) is 11.3. The summed E-state index contributed by atoms with van der Waals surface area (Å²) in [4.78, 5) is 17.2. The van der Waals surface area contributed by atoms with E-state index in [1.54, 1.807) is 24.3 Å². The molecule has 0 saturated carbocycles. The second-order valence-corrected chi connectivity index (χ2v) is 7.51. The molecular weight excluding hydrogens is 433 g/mol. The molecule has 9 heteroatoms. The summed E-state index contributed by atoms with van der Waals surface area (Å²) < 4.78 is 21.3. The highest BCUT2D eigenvalue weighted by atomic mass is 35.5. The Hall–Kier alpha value is -3.39. The zero-order valence-corrected chi connectivity index (χ0v) is 18.9. The largest absolute Gasteiger partial charge is 0.495 e. The van der Waals surface area contributed by atoms with Gasteiger partial charge in [-0.2, -0.15) is 5.10 Å². The van der Waals surface area contributed by atoms with Gasteiger partial charge in [-0.15, -0.1) is 0 Å². The molecule has 1 aromatic heterocycles. The summed E-state index contributed by atoms with van der Waals surface area (Å²) in [5.41, 5.74) is 2.18. The number of hydrogen-bond acceptors (Lipinski definition) is 4. The van der Waals surface area contributed by atoms with Gasteiger partial charge in [-0.1, -0.05) is 30.7 Å². The molecule has 168 valence electrons. The fourth-order valence-electron chi connectivity index (χ4n) is 3.06. The van der Waals surface area contributed by atoms with Crippen molar-refractivity contribution in [1.29, 1.82) is 0 Å². The monoisotopic (exact) mass is 457 g/mol. The number of rotatable bonds is 7. The van der Waals surface area contributed by atoms with Gasteiger partial charge in [0.05, 0.1) is 30.6 Å². The highest BCUT2D eigenvalue weighted by Gasteiger charge is 2.15. The van der Waals surface area contributed by atoms with E-state index in [1.807, 2.05) is 17.8 Å². The predicted molar refractivity (Wildman–Crippen MR) is 124 cm³/mol. The van der Waals surface area contributed by atoms with Crippen molar-refractivity contribution in [1.82, 2.24) is 15.1 Å². The Bertz CT molecular complexity index is 1130. The lowest BCUT2D eigenvalue weighted by Crippen LogP contribution is -2.36. The van der Waals surface area contributed by atoms with Crippen molar-refractivity contribution >= 4 is 29.2 Å². The molecule has 0 aliphatic heterocycles. The van der Waals surface area contributed by atoms with Gasteiger partial charge in [0.25, 0.3) is 5.91 Å². The zero-order chi connectivity index (χ0) is 23.1. The van der Waals surface area contributed by atoms with Crippen molar-refractivity contribution in [3.63, 3.8) is 0 Å². The SMILES string of the molecule is CCCn1cc(CN=C(NC(=O)c2ccccc2F)Nc2cc(Cl)ccc2OC)c(C)n1. The summed E-state index contributed by atoms with van der Waals surface area (Å²) in [6, 6.07) is 10.8. The molecule has 3 aromatic rings. The number of ether oxygens (including phenoxy) is 1. The Kier molecular flexibility index (Phi) is 7.83.